The predicted octanol–water partition coefficient (Wildman–Crippen LogP) is 3.41. The highest BCUT2D eigenvalue weighted by Gasteiger charge is 2.28. The number of aliphatic hydroxyl groups excluding tert-OH is 1. The standard InChI is InChI=1S/C26H30N4O2/c1-18-14-22(11-13-28-18)21-8-6-20(7-9-21)15-30-16-23(19(2)26(30)32)10-12-27-17-29-24-4-3-5-25(24)31/h6-14,24-25,29,31H,2-5,15-17H2,1H3/b23-10-,27-12?/t24-,25-/m1/s1. The van der Waals surface area contributed by atoms with Crippen LogP contribution in [-0.4, -0.2) is 52.5 Å². The molecule has 2 heterocycles. The first kappa shape index (κ1) is 22.1. The minimum Gasteiger partial charge on any atom is -0.392 e. The number of hydrogen-bond donors (Lipinski definition) is 2. The lowest BCUT2D eigenvalue weighted by molar-refractivity contribution is -0.125. The molecule has 1 aromatic heterocycles. The number of amides is 1. The number of carbonyl (C=O) groups excluding carboxylic acids is 1. The Kier molecular flexibility index (Phi) is 6.93. The molecule has 6 heteroatoms. The molecule has 0 radical (unpaired) electrons. The first-order valence-corrected chi connectivity index (χ1v) is 11.1. The number of aliphatic imine (C=N–C) groups is 1. The van der Waals surface area contributed by atoms with E-state index >= 15 is 0 Å². The highest BCUT2D eigenvalue weighted by Crippen LogP contribution is 2.25. The molecule has 1 aliphatic carbocycles. The molecule has 2 N–H and O–H groups in total. The zero-order valence-corrected chi connectivity index (χ0v) is 18.5. The fourth-order valence-corrected chi connectivity index (χ4v) is 4.27. The van der Waals surface area contributed by atoms with Crippen LogP contribution in [0.1, 0.15) is 30.5 Å². The van der Waals surface area contributed by atoms with Crippen molar-refractivity contribution in [2.24, 2.45) is 4.99 Å². The lowest BCUT2D eigenvalue weighted by atomic mass is 10.0. The molecule has 1 aliphatic heterocycles. The molecule has 2 atom stereocenters. The molecule has 0 bridgehead atoms. The van der Waals surface area contributed by atoms with Gasteiger partial charge >= 0.3 is 0 Å². The number of carbonyl (C=O) groups is 1. The number of pyridine rings is 1. The van der Waals surface area contributed by atoms with Crippen LogP contribution in [0.25, 0.3) is 11.1 Å². The Hall–Kier alpha value is -3.09. The highest BCUT2D eigenvalue weighted by atomic mass is 16.3. The normalized spacial score (nSPS) is 22.6. The van der Waals surface area contributed by atoms with Crippen molar-refractivity contribution in [1.29, 1.82) is 0 Å². The van der Waals surface area contributed by atoms with Gasteiger partial charge < -0.3 is 10.0 Å². The minimum absolute atomic E-state index is 0.0364. The molecule has 2 aromatic rings. The Balaban J connectivity index is 1.32. The predicted molar refractivity (Wildman–Crippen MR) is 127 cm³/mol. The van der Waals surface area contributed by atoms with Gasteiger partial charge in [-0.1, -0.05) is 30.8 Å². The minimum atomic E-state index is -0.271. The van der Waals surface area contributed by atoms with Crippen LogP contribution in [0.3, 0.4) is 0 Å². The Labute approximate surface area is 189 Å². The average molecular weight is 431 g/mol. The summed E-state index contributed by atoms with van der Waals surface area (Å²) >= 11 is 0. The molecule has 6 nitrogen and oxygen atoms in total. The lowest BCUT2D eigenvalue weighted by Gasteiger charge is -2.15. The van der Waals surface area contributed by atoms with Gasteiger partial charge in [0.25, 0.3) is 5.91 Å². The van der Waals surface area contributed by atoms with Gasteiger partial charge in [0.2, 0.25) is 0 Å². The summed E-state index contributed by atoms with van der Waals surface area (Å²) in [4.78, 5) is 23.0. The number of aryl methyl sites for hydroxylation is 1. The molecule has 0 unspecified atom stereocenters. The van der Waals surface area contributed by atoms with Gasteiger partial charge in [0, 0.05) is 42.8 Å². The summed E-state index contributed by atoms with van der Waals surface area (Å²) in [7, 11) is 0. The van der Waals surface area contributed by atoms with E-state index in [2.05, 4.69) is 52.2 Å². The van der Waals surface area contributed by atoms with Gasteiger partial charge in [-0.3, -0.25) is 20.1 Å². The van der Waals surface area contributed by atoms with Crippen LogP contribution in [0, 0.1) is 6.92 Å². The number of nitrogens with one attached hydrogen (secondary N) is 1. The van der Waals surface area contributed by atoms with Crippen molar-refractivity contribution in [1.82, 2.24) is 15.2 Å². The molecule has 166 valence electrons. The van der Waals surface area contributed by atoms with Gasteiger partial charge in [-0.2, -0.15) is 0 Å². The second-order valence-electron chi connectivity index (χ2n) is 8.51. The molecule has 32 heavy (non-hydrogen) atoms. The van der Waals surface area contributed by atoms with Crippen LogP contribution in [0.5, 0.6) is 0 Å². The monoisotopic (exact) mass is 430 g/mol. The Morgan fingerprint density at radius 3 is 2.78 bits per heavy atom. The Morgan fingerprint density at radius 1 is 1.25 bits per heavy atom. The smallest absolute Gasteiger partial charge is 0.254 e. The topological polar surface area (TPSA) is 77.8 Å². The van der Waals surface area contributed by atoms with E-state index < -0.39 is 0 Å². The van der Waals surface area contributed by atoms with Crippen LogP contribution in [0.4, 0.5) is 0 Å². The van der Waals surface area contributed by atoms with Crippen molar-refractivity contribution < 1.29 is 9.90 Å². The van der Waals surface area contributed by atoms with Gasteiger partial charge in [-0.25, -0.2) is 0 Å². The SMILES string of the molecule is C=C1C(=O)N(Cc2ccc(-c3ccnc(C)c3)cc2)C/C1=C/C=NCN[C@@H]1CCC[C@H]1O. The quantitative estimate of drug-likeness (QED) is 0.521. The maximum atomic E-state index is 12.6. The van der Waals surface area contributed by atoms with E-state index in [-0.39, 0.29) is 18.1 Å². The molecule has 1 aromatic carbocycles. The van der Waals surface area contributed by atoms with Gasteiger partial charge in [0.15, 0.2) is 0 Å². The van der Waals surface area contributed by atoms with Crippen LogP contribution < -0.4 is 5.32 Å². The van der Waals surface area contributed by atoms with E-state index in [0.29, 0.717) is 25.3 Å². The first-order valence-electron chi connectivity index (χ1n) is 11.1. The molecular weight excluding hydrogens is 400 g/mol. The van der Waals surface area contributed by atoms with E-state index in [1.54, 1.807) is 11.1 Å². The lowest BCUT2D eigenvalue weighted by Crippen LogP contribution is -2.35. The number of hydrogen-bond acceptors (Lipinski definition) is 5. The second kappa shape index (κ2) is 10.0. The first-order chi connectivity index (χ1) is 15.5. The summed E-state index contributed by atoms with van der Waals surface area (Å²) in [6.45, 7) is 7.48. The van der Waals surface area contributed by atoms with Gasteiger partial charge in [0.1, 0.15) is 0 Å². The number of rotatable bonds is 7. The maximum Gasteiger partial charge on any atom is 0.254 e. The van der Waals surface area contributed by atoms with Crippen LogP contribution in [-0.2, 0) is 11.3 Å². The largest absolute Gasteiger partial charge is 0.392 e. The summed E-state index contributed by atoms with van der Waals surface area (Å²) in [5, 5.41) is 13.1. The van der Waals surface area contributed by atoms with E-state index in [0.717, 1.165) is 47.2 Å². The number of allylic oxidation sites excluding steroid dienone is 1. The number of benzene rings is 1. The van der Waals surface area contributed by atoms with Gasteiger partial charge in [0.05, 0.1) is 12.8 Å². The summed E-state index contributed by atoms with van der Waals surface area (Å²) < 4.78 is 0. The van der Waals surface area contributed by atoms with Crippen molar-refractivity contribution in [3.63, 3.8) is 0 Å². The molecule has 2 fully saturated rings. The van der Waals surface area contributed by atoms with Crippen LogP contribution >= 0.6 is 0 Å². The van der Waals surface area contributed by atoms with Crippen LogP contribution in [0.15, 0.2) is 71.4 Å². The van der Waals surface area contributed by atoms with E-state index in [9.17, 15) is 9.90 Å². The van der Waals surface area contributed by atoms with Crippen molar-refractivity contribution in [3.05, 3.63) is 77.7 Å². The van der Waals surface area contributed by atoms with Gasteiger partial charge in [-0.15, -0.1) is 0 Å². The molecule has 1 amide bonds. The number of aliphatic hydroxyl groups is 1. The molecule has 4 rings (SSSR count). The van der Waals surface area contributed by atoms with Crippen molar-refractivity contribution in [2.75, 3.05) is 13.2 Å². The number of likely N-dealkylation sites (tertiary alicyclic amines) is 1. The summed E-state index contributed by atoms with van der Waals surface area (Å²) in [6.07, 6.45) is 8.02. The Morgan fingerprint density at radius 2 is 2.06 bits per heavy atom. The molecule has 2 aliphatic rings. The number of aromatic nitrogens is 1. The molecule has 1 saturated carbocycles. The third-order valence-electron chi connectivity index (χ3n) is 6.16. The average Bonchev–Trinajstić information content (AvgIpc) is 3.32. The third-order valence-corrected chi connectivity index (χ3v) is 6.16. The highest BCUT2D eigenvalue weighted by molar-refractivity contribution is 6.02. The third kappa shape index (κ3) is 5.21. The van der Waals surface area contributed by atoms with Crippen molar-refractivity contribution in [2.45, 2.75) is 44.9 Å². The summed E-state index contributed by atoms with van der Waals surface area (Å²) in [5.74, 6) is -0.0364. The molecule has 1 saturated heterocycles. The zero-order chi connectivity index (χ0) is 22.5. The van der Waals surface area contributed by atoms with Crippen LogP contribution in [0.2, 0.25) is 0 Å². The summed E-state index contributed by atoms with van der Waals surface area (Å²) in [5.41, 5.74) is 5.75. The zero-order valence-electron chi connectivity index (χ0n) is 18.5. The second-order valence-corrected chi connectivity index (χ2v) is 8.51. The fourth-order valence-electron chi connectivity index (χ4n) is 4.27. The maximum absolute atomic E-state index is 12.6. The summed E-state index contributed by atoms with van der Waals surface area (Å²) in [6, 6.07) is 12.5. The Bertz CT molecular complexity index is 1040. The van der Waals surface area contributed by atoms with Gasteiger partial charge in [-0.05, 0) is 66.7 Å². The number of nitrogens with zero attached hydrogens (tertiary/aromatic N) is 3. The van der Waals surface area contributed by atoms with Crippen molar-refractivity contribution >= 4 is 12.1 Å². The van der Waals surface area contributed by atoms with E-state index in [4.69, 9.17) is 0 Å². The van der Waals surface area contributed by atoms with E-state index in [1.165, 1.54) is 0 Å². The molecule has 0 spiro atoms. The molecular formula is C26H30N4O2. The van der Waals surface area contributed by atoms with E-state index in [1.807, 2.05) is 25.3 Å². The van der Waals surface area contributed by atoms with Crippen molar-refractivity contribution in [3.8, 4) is 11.1 Å². The fraction of sp³-hybridized carbons (Fsp3) is 0.346.